The van der Waals surface area contributed by atoms with E-state index in [9.17, 15) is 5.11 Å². The van der Waals surface area contributed by atoms with Crippen molar-refractivity contribution in [2.45, 2.75) is 58.8 Å². The van der Waals surface area contributed by atoms with Gasteiger partial charge in [0.15, 0.2) is 0 Å². The molecule has 0 amide bonds. The summed E-state index contributed by atoms with van der Waals surface area (Å²) in [6, 6.07) is 2.20. The number of unbranched alkanes of at least 4 members (excludes halogenated alkanes) is 1. The van der Waals surface area contributed by atoms with Crippen LogP contribution in [0.25, 0.3) is 0 Å². The highest BCUT2D eigenvalue weighted by Crippen LogP contribution is 2.34. The van der Waals surface area contributed by atoms with Crippen LogP contribution in [0, 0.1) is 6.92 Å². The quantitative estimate of drug-likeness (QED) is 0.815. The predicted octanol–water partition coefficient (Wildman–Crippen LogP) is 3.92. The van der Waals surface area contributed by atoms with Gasteiger partial charge in [-0.3, -0.25) is 0 Å². The average Bonchev–Trinajstić information content (AvgIpc) is 2.32. The fourth-order valence-electron chi connectivity index (χ4n) is 2.77. The Morgan fingerprint density at radius 2 is 1.88 bits per heavy atom. The second kappa shape index (κ2) is 4.90. The molecule has 0 unspecified atom stereocenters. The van der Waals surface area contributed by atoms with Crippen molar-refractivity contribution in [2.75, 3.05) is 0 Å². The third kappa shape index (κ3) is 2.09. The van der Waals surface area contributed by atoms with Crippen molar-refractivity contribution < 1.29 is 5.11 Å². The molecule has 88 valence electrons. The minimum Gasteiger partial charge on any atom is -0.507 e. The number of benzene rings is 1. The number of phenols is 1. The van der Waals surface area contributed by atoms with Crippen molar-refractivity contribution in [1.82, 2.24) is 0 Å². The zero-order valence-electron chi connectivity index (χ0n) is 10.5. The van der Waals surface area contributed by atoms with Crippen LogP contribution >= 0.6 is 0 Å². The van der Waals surface area contributed by atoms with Gasteiger partial charge in [0.05, 0.1) is 0 Å². The third-order valence-corrected chi connectivity index (χ3v) is 3.71. The zero-order valence-corrected chi connectivity index (χ0v) is 10.5. The van der Waals surface area contributed by atoms with Gasteiger partial charge in [-0.15, -0.1) is 0 Å². The summed E-state index contributed by atoms with van der Waals surface area (Å²) in [5, 5.41) is 10.1. The minimum atomic E-state index is 0.565. The van der Waals surface area contributed by atoms with Gasteiger partial charge in [0.2, 0.25) is 0 Å². The number of aromatic hydroxyl groups is 1. The normalized spacial score (nSPS) is 14.9. The molecule has 0 atom stereocenters. The van der Waals surface area contributed by atoms with Gasteiger partial charge in [-0.05, 0) is 67.7 Å². The molecule has 0 bridgehead atoms. The number of fused-ring (bicyclic) bond motifs is 1. The zero-order chi connectivity index (χ0) is 11.5. The fourth-order valence-corrected chi connectivity index (χ4v) is 2.77. The van der Waals surface area contributed by atoms with Gasteiger partial charge in [0.1, 0.15) is 5.75 Å². The maximum Gasteiger partial charge on any atom is 0.121 e. The van der Waals surface area contributed by atoms with Crippen molar-refractivity contribution in [1.29, 1.82) is 0 Å². The lowest BCUT2D eigenvalue weighted by molar-refractivity contribution is 0.457. The Balaban J connectivity index is 2.40. The summed E-state index contributed by atoms with van der Waals surface area (Å²) in [5.74, 6) is 0.565. The Bertz CT molecular complexity index is 380. The number of rotatable bonds is 3. The summed E-state index contributed by atoms with van der Waals surface area (Å²) in [6.45, 7) is 4.26. The van der Waals surface area contributed by atoms with E-state index in [4.69, 9.17) is 0 Å². The SMILES string of the molecule is CCCCc1cc(C)c(O)c2c1CCCC2. The molecular formula is C15H22O. The molecule has 1 aromatic rings. The summed E-state index contributed by atoms with van der Waals surface area (Å²) < 4.78 is 0. The lowest BCUT2D eigenvalue weighted by Gasteiger charge is -2.22. The van der Waals surface area contributed by atoms with Crippen LogP contribution in [0.1, 0.15) is 54.9 Å². The van der Waals surface area contributed by atoms with Crippen LogP contribution in [0.3, 0.4) is 0 Å². The summed E-state index contributed by atoms with van der Waals surface area (Å²) in [7, 11) is 0. The van der Waals surface area contributed by atoms with Crippen molar-refractivity contribution >= 4 is 0 Å². The molecule has 1 aliphatic carbocycles. The molecule has 0 saturated carbocycles. The maximum absolute atomic E-state index is 10.1. The van der Waals surface area contributed by atoms with Gasteiger partial charge in [-0.1, -0.05) is 19.4 Å². The molecule has 0 saturated heterocycles. The molecule has 1 aliphatic rings. The molecule has 0 heterocycles. The first-order chi connectivity index (χ1) is 7.74. The highest BCUT2D eigenvalue weighted by Gasteiger charge is 2.18. The van der Waals surface area contributed by atoms with E-state index in [1.54, 1.807) is 0 Å². The Kier molecular flexibility index (Phi) is 3.52. The van der Waals surface area contributed by atoms with Gasteiger partial charge in [-0.25, -0.2) is 0 Å². The van der Waals surface area contributed by atoms with Gasteiger partial charge in [0.25, 0.3) is 0 Å². The van der Waals surface area contributed by atoms with E-state index in [0.717, 1.165) is 12.0 Å². The van der Waals surface area contributed by atoms with Crippen molar-refractivity contribution in [2.24, 2.45) is 0 Å². The van der Waals surface area contributed by atoms with Crippen LogP contribution in [-0.4, -0.2) is 5.11 Å². The highest BCUT2D eigenvalue weighted by atomic mass is 16.3. The minimum absolute atomic E-state index is 0.565. The molecule has 16 heavy (non-hydrogen) atoms. The number of hydrogen-bond donors (Lipinski definition) is 1. The summed E-state index contributed by atoms with van der Waals surface area (Å²) in [5.41, 5.74) is 5.26. The Morgan fingerprint density at radius 3 is 2.56 bits per heavy atom. The van der Waals surface area contributed by atoms with Crippen LogP contribution in [0.15, 0.2) is 6.07 Å². The van der Waals surface area contributed by atoms with Crippen molar-refractivity contribution in [3.63, 3.8) is 0 Å². The smallest absolute Gasteiger partial charge is 0.121 e. The molecule has 0 radical (unpaired) electrons. The molecule has 1 nitrogen and oxygen atoms in total. The van der Waals surface area contributed by atoms with Crippen molar-refractivity contribution in [3.8, 4) is 5.75 Å². The second-order valence-electron chi connectivity index (χ2n) is 4.97. The van der Waals surface area contributed by atoms with Crippen molar-refractivity contribution in [3.05, 3.63) is 28.3 Å². The predicted molar refractivity (Wildman–Crippen MR) is 68.1 cm³/mol. The average molecular weight is 218 g/mol. The van der Waals surface area contributed by atoms with Crippen LogP contribution in [0.2, 0.25) is 0 Å². The first-order valence-corrected chi connectivity index (χ1v) is 6.57. The number of phenolic OH excluding ortho intramolecular Hbond substituents is 1. The molecule has 0 fully saturated rings. The van der Waals surface area contributed by atoms with Gasteiger partial charge in [0, 0.05) is 0 Å². The van der Waals surface area contributed by atoms with E-state index < -0.39 is 0 Å². The van der Waals surface area contributed by atoms with Gasteiger partial charge in [-0.2, -0.15) is 0 Å². The highest BCUT2D eigenvalue weighted by molar-refractivity contribution is 5.50. The molecule has 2 rings (SSSR count). The molecule has 1 N–H and O–H groups in total. The fraction of sp³-hybridized carbons (Fsp3) is 0.600. The van der Waals surface area contributed by atoms with Crippen LogP contribution in [0.4, 0.5) is 0 Å². The molecule has 1 aromatic carbocycles. The van der Waals surface area contributed by atoms with E-state index in [-0.39, 0.29) is 0 Å². The number of hydrogen-bond acceptors (Lipinski definition) is 1. The van der Waals surface area contributed by atoms with Gasteiger partial charge < -0.3 is 5.11 Å². The van der Waals surface area contributed by atoms with E-state index >= 15 is 0 Å². The van der Waals surface area contributed by atoms with Gasteiger partial charge >= 0.3 is 0 Å². The first-order valence-electron chi connectivity index (χ1n) is 6.57. The van der Waals surface area contributed by atoms with Crippen LogP contribution in [0.5, 0.6) is 5.75 Å². The van der Waals surface area contributed by atoms with E-state index in [2.05, 4.69) is 13.0 Å². The topological polar surface area (TPSA) is 20.2 Å². The Labute approximate surface area is 98.5 Å². The summed E-state index contributed by atoms with van der Waals surface area (Å²) in [6.07, 6.45) is 8.45. The second-order valence-corrected chi connectivity index (χ2v) is 4.97. The van der Waals surface area contributed by atoms with Crippen LogP contribution < -0.4 is 0 Å². The lowest BCUT2D eigenvalue weighted by atomic mass is 9.84. The molecular weight excluding hydrogens is 196 g/mol. The summed E-state index contributed by atoms with van der Waals surface area (Å²) >= 11 is 0. The lowest BCUT2D eigenvalue weighted by Crippen LogP contribution is -2.08. The van der Waals surface area contributed by atoms with E-state index in [0.29, 0.717) is 5.75 Å². The molecule has 1 heteroatoms. The molecule has 0 spiro atoms. The standard InChI is InChI=1S/C15H22O/c1-3-4-7-12-10-11(2)15(16)14-9-6-5-8-13(12)14/h10,16H,3-9H2,1-2H3. The monoisotopic (exact) mass is 218 g/mol. The third-order valence-electron chi connectivity index (χ3n) is 3.71. The van der Waals surface area contributed by atoms with E-state index in [1.807, 2.05) is 6.92 Å². The van der Waals surface area contributed by atoms with Crippen LogP contribution in [-0.2, 0) is 19.3 Å². The summed E-state index contributed by atoms with van der Waals surface area (Å²) in [4.78, 5) is 0. The molecule has 0 aromatic heterocycles. The Morgan fingerprint density at radius 1 is 1.19 bits per heavy atom. The van der Waals surface area contributed by atoms with E-state index in [1.165, 1.54) is 55.2 Å². The Hall–Kier alpha value is -0.980. The maximum atomic E-state index is 10.1. The molecule has 0 aliphatic heterocycles. The first kappa shape index (κ1) is 11.5. The largest absolute Gasteiger partial charge is 0.507 e. The number of aryl methyl sites for hydroxylation is 2.